The molecule has 1 atom stereocenters. The molecule has 1 aromatic heterocycles. The molecule has 0 saturated heterocycles. The van der Waals surface area contributed by atoms with Crippen molar-refractivity contribution in [3.05, 3.63) is 48.0 Å². The number of aliphatic imine (C=N–C) groups is 1. The third-order valence-electron chi connectivity index (χ3n) is 5.37. The number of nitrogens with zero attached hydrogens (tertiary/aromatic N) is 3. The number of benzene rings is 1. The normalized spacial score (nSPS) is 17.3. The minimum atomic E-state index is -0.000968. The molecule has 0 unspecified atom stereocenters. The van der Waals surface area contributed by atoms with E-state index in [1.54, 1.807) is 0 Å². The molecule has 1 aromatic carbocycles. The Labute approximate surface area is 170 Å². The van der Waals surface area contributed by atoms with Crippen LogP contribution in [-0.4, -0.2) is 23.1 Å². The molecule has 152 valence electrons. The molecule has 4 nitrogen and oxygen atoms in total. The number of imidazole rings is 1. The summed E-state index contributed by atoms with van der Waals surface area (Å²) in [6, 6.07) is 6.97. The second-order valence-corrected chi connectivity index (χ2v) is 9.59. The summed E-state index contributed by atoms with van der Waals surface area (Å²) in [7, 11) is 0. The largest absolute Gasteiger partial charge is 0.478 e. The first kappa shape index (κ1) is 20.6. The molecular weight excluding hydrogens is 346 g/mol. The molecule has 0 radical (unpaired) electrons. The van der Waals surface area contributed by atoms with Gasteiger partial charge < -0.3 is 4.74 Å². The molecule has 1 aliphatic rings. The molecule has 1 aliphatic heterocycles. The van der Waals surface area contributed by atoms with Crippen LogP contribution in [0.3, 0.4) is 0 Å². The first-order chi connectivity index (χ1) is 13.2. The van der Waals surface area contributed by atoms with Gasteiger partial charge in [0.05, 0.1) is 12.6 Å². The predicted octanol–water partition coefficient (Wildman–Crippen LogP) is 5.25. The Morgan fingerprint density at radius 2 is 1.79 bits per heavy atom. The van der Waals surface area contributed by atoms with Gasteiger partial charge >= 0.3 is 0 Å². The minimum absolute atomic E-state index is 0.000968. The van der Waals surface area contributed by atoms with Gasteiger partial charge in [-0.1, -0.05) is 66.7 Å². The SMILES string of the molecule is CC(C)c1cccc(C(C)C)c1-n1cc[n+](CC[C@H]2COC(C(C)(C)C)=N2)c1. The molecule has 0 N–H and O–H groups in total. The van der Waals surface area contributed by atoms with Crippen LogP contribution in [-0.2, 0) is 11.3 Å². The third-order valence-corrected chi connectivity index (χ3v) is 5.37. The summed E-state index contributed by atoms with van der Waals surface area (Å²) in [6.45, 7) is 17.2. The number of rotatable bonds is 6. The number of hydrogen-bond acceptors (Lipinski definition) is 2. The maximum absolute atomic E-state index is 5.81. The maximum Gasteiger partial charge on any atom is 0.248 e. The van der Waals surface area contributed by atoms with E-state index in [0.717, 1.165) is 18.9 Å². The fourth-order valence-corrected chi connectivity index (χ4v) is 3.74. The molecule has 2 aromatic rings. The van der Waals surface area contributed by atoms with Crippen molar-refractivity contribution in [2.24, 2.45) is 10.4 Å². The fraction of sp³-hybridized carbons (Fsp3) is 0.583. The van der Waals surface area contributed by atoms with Crippen LogP contribution in [0.5, 0.6) is 0 Å². The van der Waals surface area contributed by atoms with Gasteiger partial charge in [-0.2, -0.15) is 0 Å². The lowest BCUT2D eigenvalue weighted by Gasteiger charge is -2.16. The van der Waals surface area contributed by atoms with E-state index in [-0.39, 0.29) is 11.5 Å². The topological polar surface area (TPSA) is 30.4 Å². The van der Waals surface area contributed by atoms with E-state index in [0.29, 0.717) is 18.4 Å². The van der Waals surface area contributed by atoms with Gasteiger partial charge in [-0.05, 0) is 11.8 Å². The van der Waals surface area contributed by atoms with Gasteiger partial charge in [0, 0.05) is 23.0 Å². The van der Waals surface area contributed by atoms with Gasteiger partial charge in [0.2, 0.25) is 6.33 Å². The molecule has 28 heavy (non-hydrogen) atoms. The summed E-state index contributed by atoms with van der Waals surface area (Å²) in [5, 5.41) is 0. The average molecular weight is 383 g/mol. The zero-order valence-corrected chi connectivity index (χ0v) is 18.6. The van der Waals surface area contributed by atoms with Gasteiger partial charge in [-0.25, -0.2) is 14.1 Å². The van der Waals surface area contributed by atoms with Gasteiger partial charge in [0.25, 0.3) is 0 Å². The van der Waals surface area contributed by atoms with Crippen LogP contribution in [0, 0.1) is 5.41 Å². The van der Waals surface area contributed by atoms with Crippen LogP contribution in [0.15, 0.2) is 41.9 Å². The van der Waals surface area contributed by atoms with Crippen LogP contribution in [0.25, 0.3) is 5.69 Å². The number of ether oxygens (including phenoxy) is 1. The van der Waals surface area contributed by atoms with Gasteiger partial charge in [-0.15, -0.1) is 0 Å². The Morgan fingerprint density at radius 1 is 1.14 bits per heavy atom. The third kappa shape index (κ3) is 4.48. The van der Waals surface area contributed by atoms with E-state index in [9.17, 15) is 0 Å². The van der Waals surface area contributed by atoms with Crippen LogP contribution < -0.4 is 4.57 Å². The smallest absolute Gasteiger partial charge is 0.248 e. The monoisotopic (exact) mass is 382 g/mol. The second-order valence-electron chi connectivity index (χ2n) is 9.59. The number of para-hydroxylation sites is 1. The number of aryl methyl sites for hydroxylation is 1. The van der Waals surface area contributed by atoms with Crippen molar-refractivity contribution in [1.82, 2.24) is 4.57 Å². The summed E-state index contributed by atoms with van der Waals surface area (Å²) in [4.78, 5) is 4.79. The van der Waals surface area contributed by atoms with Crippen LogP contribution in [0.4, 0.5) is 0 Å². The van der Waals surface area contributed by atoms with Gasteiger partial charge in [0.1, 0.15) is 24.7 Å². The van der Waals surface area contributed by atoms with Crippen LogP contribution in [0.2, 0.25) is 0 Å². The highest BCUT2D eigenvalue weighted by Gasteiger charge is 2.28. The predicted molar refractivity (Wildman–Crippen MR) is 115 cm³/mol. The zero-order valence-electron chi connectivity index (χ0n) is 18.6. The highest BCUT2D eigenvalue weighted by atomic mass is 16.5. The van der Waals surface area contributed by atoms with Crippen molar-refractivity contribution in [1.29, 1.82) is 0 Å². The van der Waals surface area contributed by atoms with Crippen molar-refractivity contribution in [2.75, 3.05) is 6.61 Å². The quantitative estimate of drug-likeness (QED) is 0.628. The molecule has 4 heteroatoms. The number of aromatic nitrogens is 2. The molecule has 2 heterocycles. The first-order valence-corrected chi connectivity index (χ1v) is 10.6. The van der Waals surface area contributed by atoms with Gasteiger partial charge in [0.15, 0.2) is 5.90 Å². The Bertz CT molecular complexity index is 814. The summed E-state index contributed by atoms with van der Waals surface area (Å²) in [5.41, 5.74) is 4.14. The van der Waals surface area contributed by atoms with Gasteiger partial charge in [-0.3, -0.25) is 0 Å². The zero-order chi connectivity index (χ0) is 20.5. The van der Waals surface area contributed by atoms with E-state index in [4.69, 9.17) is 9.73 Å². The Hall–Kier alpha value is -2.10. The highest BCUT2D eigenvalue weighted by molar-refractivity contribution is 5.82. The Kier molecular flexibility index (Phi) is 5.97. The maximum atomic E-state index is 5.81. The lowest BCUT2D eigenvalue weighted by molar-refractivity contribution is -0.696. The van der Waals surface area contributed by atoms with E-state index in [1.165, 1.54) is 16.8 Å². The van der Waals surface area contributed by atoms with E-state index in [1.807, 2.05) is 0 Å². The van der Waals surface area contributed by atoms with E-state index < -0.39 is 0 Å². The van der Waals surface area contributed by atoms with Crippen molar-refractivity contribution >= 4 is 5.90 Å². The molecule has 0 amide bonds. The molecule has 3 rings (SSSR count). The van der Waals surface area contributed by atoms with Crippen molar-refractivity contribution in [3.63, 3.8) is 0 Å². The standard InChI is InChI=1S/C24H36N3O/c1-17(2)20-9-8-10-21(18(3)4)22(20)27-14-13-26(16-27)12-11-19-15-28-23(25-19)24(5,6)7/h8-10,13-14,16-19H,11-12,15H2,1-7H3/q+1/t19-/m0/s1. The first-order valence-electron chi connectivity index (χ1n) is 10.6. The Morgan fingerprint density at radius 3 is 2.32 bits per heavy atom. The fourth-order valence-electron chi connectivity index (χ4n) is 3.74. The molecule has 0 fully saturated rings. The summed E-state index contributed by atoms with van der Waals surface area (Å²) in [6.07, 6.45) is 7.57. The lowest BCUT2D eigenvalue weighted by atomic mass is 9.92. The average Bonchev–Trinajstić information content (AvgIpc) is 3.28. The van der Waals surface area contributed by atoms with Crippen molar-refractivity contribution in [2.45, 2.75) is 79.3 Å². The molecular formula is C24H36N3O+. The van der Waals surface area contributed by atoms with Crippen molar-refractivity contribution < 1.29 is 9.30 Å². The second kappa shape index (κ2) is 8.10. The molecule has 0 bridgehead atoms. The van der Waals surface area contributed by atoms with E-state index >= 15 is 0 Å². The van der Waals surface area contributed by atoms with Crippen molar-refractivity contribution in [3.8, 4) is 5.69 Å². The van der Waals surface area contributed by atoms with Crippen LogP contribution in [0.1, 0.15) is 77.8 Å². The molecule has 0 aliphatic carbocycles. The number of hydrogen-bond donors (Lipinski definition) is 0. The molecule has 0 spiro atoms. The summed E-state index contributed by atoms with van der Waals surface area (Å²) >= 11 is 0. The minimum Gasteiger partial charge on any atom is -0.478 e. The molecule has 0 saturated carbocycles. The van der Waals surface area contributed by atoms with Crippen LogP contribution >= 0.6 is 0 Å². The highest BCUT2D eigenvalue weighted by Crippen LogP contribution is 2.30. The summed E-state index contributed by atoms with van der Waals surface area (Å²) < 4.78 is 10.4. The summed E-state index contributed by atoms with van der Waals surface area (Å²) in [5.74, 6) is 1.88. The Balaban J connectivity index is 1.78. The van der Waals surface area contributed by atoms with E-state index in [2.05, 4.69) is 94.5 Å². The lowest BCUT2D eigenvalue weighted by Crippen LogP contribution is -2.33.